The van der Waals surface area contributed by atoms with Crippen molar-refractivity contribution in [3.63, 3.8) is 0 Å². The summed E-state index contributed by atoms with van der Waals surface area (Å²) in [5.74, 6) is 0. The number of aryl methyl sites for hydroxylation is 1. The van der Waals surface area contributed by atoms with Gasteiger partial charge in [-0.25, -0.2) is 0 Å². The average Bonchev–Trinajstić information content (AvgIpc) is 2.61. The van der Waals surface area contributed by atoms with Crippen LogP contribution in [-0.2, 0) is 0 Å². The Morgan fingerprint density at radius 1 is 1.12 bits per heavy atom. The van der Waals surface area contributed by atoms with Crippen LogP contribution < -0.4 is 10.6 Å². The van der Waals surface area contributed by atoms with Crippen molar-refractivity contribution >= 4 is 22.0 Å². The van der Waals surface area contributed by atoms with E-state index in [0.29, 0.717) is 0 Å². The van der Waals surface area contributed by atoms with Crippen molar-refractivity contribution in [2.45, 2.75) is 6.92 Å². The molecule has 2 rings (SSSR count). The van der Waals surface area contributed by atoms with Crippen molar-refractivity contribution in [2.75, 3.05) is 24.7 Å². The van der Waals surface area contributed by atoms with E-state index in [1.165, 1.54) is 21.0 Å². The number of rotatable bonds is 2. The van der Waals surface area contributed by atoms with E-state index in [1.54, 1.807) is 0 Å². The molecule has 0 fully saturated rings. The molecule has 1 aromatic carbocycles. The van der Waals surface area contributed by atoms with E-state index < -0.39 is 0 Å². The number of nitrogens with two attached hydrogens (primary N) is 1. The summed E-state index contributed by atoms with van der Waals surface area (Å²) in [7, 11) is 4.15. The Bertz CT molecular complexity index is 483. The first-order valence-corrected chi connectivity index (χ1v) is 6.03. The molecule has 0 saturated carbocycles. The fourth-order valence-electron chi connectivity index (χ4n) is 1.71. The Morgan fingerprint density at radius 2 is 1.75 bits per heavy atom. The summed E-state index contributed by atoms with van der Waals surface area (Å²) in [4.78, 5) is 3.45. The summed E-state index contributed by atoms with van der Waals surface area (Å²) < 4.78 is 0. The molecule has 0 aliphatic rings. The molecule has 2 aromatic rings. The molecule has 0 atom stereocenters. The maximum absolute atomic E-state index is 5.68. The maximum Gasteiger partial charge on any atom is 0.0939 e. The van der Waals surface area contributed by atoms with Crippen LogP contribution in [0.3, 0.4) is 0 Å². The molecule has 84 valence electrons. The number of benzene rings is 1. The number of nitrogens with zero attached hydrogens (tertiary/aromatic N) is 1. The monoisotopic (exact) mass is 232 g/mol. The molecule has 0 bridgehead atoms. The van der Waals surface area contributed by atoms with Crippen LogP contribution in [0.5, 0.6) is 0 Å². The maximum atomic E-state index is 5.68. The van der Waals surface area contributed by atoms with Crippen molar-refractivity contribution in [2.24, 2.45) is 0 Å². The van der Waals surface area contributed by atoms with Gasteiger partial charge in [0.1, 0.15) is 0 Å². The molecule has 0 spiro atoms. The summed E-state index contributed by atoms with van der Waals surface area (Å²) in [6.45, 7) is 2.15. The fraction of sp³-hybridized carbons (Fsp3) is 0.231. The van der Waals surface area contributed by atoms with E-state index in [0.717, 1.165) is 5.69 Å². The molecule has 1 heterocycles. The predicted molar refractivity (Wildman–Crippen MR) is 73.2 cm³/mol. The number of anilines is 2. The molecule has 0 aliphatic carbocycles. The zero-order valence-electron chi connectivity index (χ0n) is 9.82. The molecule has 2 nitrogen and oxygen atoms in total. The van der Waals surface area contributed by atoms with Crippen molar-refractivity contribution in [3.8, 4) is 10.4 Å². The Kier molecular flexibility index (Phi) is 2.88. The minimum Gasteiger partial charge on any atom is -0.399 e. The third kappa shape index (κ3) is 2.04. The highest BCUT2D eigenvalue weighted by molar-refractivity contribution is 7.19. The molecule has 1 aromatic heterocycles. The highest BCUT2D eigenvalue weighted by atomic mass is 32.1. The van der Waals surface area contributed by atoms with Gasteiger partial charge in [-0.15, -0.1) is 11.3 Å². The molecule has 0 aliphatic heterocycles. The SMILES string of the molecule is Cc1cc(-c2ccc(N)cc2)sc1N(C)C. The van der Waals surface area contributed by atoms with Gasteiger partial charge in [-0.2, -0.15) is 0 Å². The number of thiophene rings is 1. The number of hydrogen-bond donors (Lipinski definition) is 1. The number of nitrogen functional groups attached to an aromatic ring is 1. The second kappa shape index (κ2) is 4.18. The fourth-order valence-corrected chi connectivity index (χ4v) is 2.81. The second-order valence-corrected chi connectivity index (χ2v) is 5.15. The van der Waals surface area contributed by atoms with Gasteiger partial charge in [0.15, 0.2) is 0 Å². The molecule has 16 heavy (non-hydrogen) atoms. The highest BCUT2D eigenvalue weighted by Gasteiger charge is 2.08. The van der Waals surface area contributed by atoms with Crippen molar-refractivity contribution < 1.29 is 0 Å². The van der Waals surface area contributed by atoms with E-state index in [-0.39, 0.29) is 0 Å². The lowest BCUT2D eigenvalue weighted by molar-refractivity contribution is 1.14. The molecular formula is C13H16N2S. The van der Waals surface area contributed by atoms with Gasteiger partial charge in [0.2, 0.25) is 0 Å². The summed E-state index contributed by atoms with van der Waals surface area (Å²) in [5, 5.41) is 1.31. The van der Waals surface area contributed by atoms with Crippen LogP contribution in [0.25, 0.3) is 10.4 Å². The Morgan fingerprint density at radius 3 is 2.25 bits per heavy atom. The predicted octanol–water partition coefficient (Wildman–Crippen LogP) is 3.37. The second-order valence-electron chi connectivity index (χ2n) is 4.12. The van der Waals surface area contributed by atoms with Gasteiger partial charge >= 0.3 is 0 Å². The zero-order chi connectivity index (χ0) is 11.7. The Balaban J connectivity index is 2.41. The Hall–Kier alpha value is -1.48. The zero-order valence-corrected chi connectivity index (χ0v) is 10.6. The molecule has 0 radical (unpaired) electrons. The summed E-state index contributed by atoms with van der Waals surface area (Å²) in [5.41, 5.74) is 9.05. The van der Waals surface area contributed by atoms with Crippen molar-refractivity contribution in [1.29, 1.82) is 0 Å². The van der Waals surface area contributed by atoms with E-state index in [2.05, 4.69) is 44.1 Å². The molecule has 0 amide bonds. The first-order chi connectivity index (χ1) is 7.58. The lowest BCUT2D eigenvalue weighted by Crippen LogP contribution is -2.07. The van der Waals surface area contributed by atoms with E-state index >= 15 is 0 Å². The van der Waals surface area contributed by atoms with Gasteiger partial charge in [-0.3, -0.25) is 0 Å². The van der Waals surface area contributed by atoms with Crippen LogP contribution in [-0.4, -0.2) is 14.1 Å². The first kappa shape index (κ1) is 11.0. The van der Waals surface area contributed by atoms with Crippen LogP contribution in [0.15, 0.2) is 30.3 Å². The molecular weight excluding hydrogens is 216 g/mol. The van der Waals surface area contributed by atoms with Gasteiger partial charge in [0.05, 0.1) is 5.00 Å². The Labute approximate surface area is 100 Å². The lowest BCUT2D eigenvalue weighted by Gasteiger charge is -2.09. The van der Waals surface area contributed by atoms with Crippen LogP contribution in [0, 0.1) is 6.92 Å². The van der Waals surface area contributed by atoms with Gasteiger partial charge in [-0.05, 0) is 36.2 Å². The van der Waals surface area contributed by atoms with Crippen molar-refractivity contribution in [1.82, 2.24) is 0 Å². The molecule has 0 saturated heterocycles. The van der Waals surface area contributed by atoms with Gasteiger partial charge in [-0.1, -0.05) is 12.1 Å². The highest BCUT2D eigenvalue weighted by Crippen LogP contribution is 2.36. The lowest BCUT2D eigenvalue weighted by atomic mass is 10.1. The quantitative estimate of drug-likeness (QED) is 0.804. The van der Waals surface area contributed by atoms with Crippen LogP contribution in [0.1, 0.15) is 5.56 Å². The van der Waals surface area contributed by atoms with E-state index in [4.69, 9.17) is 5.73 Å². The third-order valence-corrected chi connectivity index (χ3v) is 3.95. The van der Waals surface area contributed by atoms with Crippen LogP contribution in [0.2, 0.25) is 0 Å². The normalized spacial score (nSPS) is 10.4. The minimum absolute atomic E-state index is 0.810. The van der Waals surface area contributed by atoms with Gasteiger partial charge in [0, 0.05) is 24.7 Å². The molecule has 2 N–H and O–H groups in total. The smallest absolute Gasteiger partial charge is 0.0939 e. The van der Waals surface area contributed by atoms with Crippen molar-refractivity contribution in [3.05, 3.63) is 35.9 Å². The molecule has 3 heteroatoms. The standard InChI is InChI=1S/C13H16N2S/c1-9-8-12(16-13(9)15(2)3)10-4-6-11(14)7-5-10/h4-8H,14H2,1-3H3. The minimum atomic E-state index is 0.810. The largest absolute Gasteiger partial charge is 0.399 e. The topological polar surface area (TPSA) is 29.3 Å². The molecule has 0 unspecified atom stereocenters. The first-order valence-electron chi connectivity index (χ1n) is 5.21. The van der Waals surface area contributed by atoms with Gasteiger partial charge in [0.25, 0.3) is 0 Å². The van der Waals surface area contributed by atoms with Crippen LogP contribution in [0.4, 0.5) is 10.7 Å². The summed E-state index contributed by atoms with van der Waals surface area (Å²) >= 11 is 1.81. The third-order valence-electron chi connectivity index (χ3n) is 2.49. The van der Waals surface area contributed by atoms with Crippen LogP contribution >= 0.6 is 11.3 Å². The number of hydrogen-bond acceptors (Lipinski definition) is 3. The summed E-state index contributed by atoms with van der Waals surface area (Å²) in [6, 6.07) is 10.3. The average molecular weight is 232 g/mol. The van der Waals surface area contributed by atoms with Gasteiger partial charge < -0.3 is 10.6 Å². The summed E-state index contributed by atoms with van der Waals surface area (Å²) in [6.07, 6.45) is 0. The van der Waals surface area contributed by atoms with E-state index in [9.17, 15) is 0 Å². The van der Waals surface area contributed by atoms with E-state index in [1.807, 2.05) is 23.5 Å².